The minimum atomic E-state index is 0.913. The van der Waals surface area contributed by atoms with E-state index in [0.717, 1.165) is 12.1 Å². The Morgan fingerprint density at radius 2 is 1.41 bits per heavy atom. The molecule has 0 atom stereocenters. The average molecular weight is 409 g/mol. The van der Waals surface area contributed by atoms with Gasteiger partial charge in [0.1, 0.15) is 0 Å². The molecule has 0 N–H and O–H groups in total. The molecule has 0 fully saturated rings. The molecule has 0 radical (unpaired) electrons. The van der Waals surface area contributed by atoms with E-state index in [-0.39, 0.29) is 0 Å². The number of fused-ring (bicyclic) bond motifs is 3. The summed E-state index contributed by atoms with van der Waals surface area (Å²) in [6, 6.07) is 32.5. The second-order valence-corrected chi connectivity index (χ2v) is 8.43. The summed E-state index contributed by atoms with van der Waals surface area (Å²) >= 11 is 0. The van der Waals surface area contributed by atoms with Crippen LogP contribution in [0, 0.1) is 0 Å². The molecule has 0 saturated heterocycles. The van der Waals surface area contributed by atoms with E-state index in [0.29, 0.717) is 0 Å². The Labute approximate surface area is 186 Å². The maximum absolute atomic E-state index is 4.93. The van der Waals surface area contributed by atoms with E-state index in [9.17, 15) is 0 Å². The van der Waals surface area contributed by atoms with Crippen molar-refractivity contribution < 1.29 is 0 Å². The van der Waals surface area contributed by atoms with Crippen LogP contribution >= 0.6 is 0 Å². The van der Waals surface area contributed by atoms with Crippen LogP contribution in [-0.2, 0) is 6.42 Å². The standard InChI is InChI=1S/C30H20N2/c1-2-9-20(10-3-1)30-26-14-8-11-21-17-23(18-22(19-31-30)29(21)26)32-27-15-6-4-12-24(27)25-13-5-7-16-28(25)32/h1-13,15-19H,14H2. The summed E-state index contributed by atoms with van der Waals surface area (Å²) in [6.45, 7) is 0. The minimum Gasteiger partial charge on any atom is -0.309 e. The third-order valence-corrected chi connectivity index (χ3v) is 6.61. The Balaban J connectivity index is 1.54. The lowest BCUT2D eigenvalue weighted by molar-refractivity contribution is 1.17. The molecule has 2 nitrogen and oxygen atoms in total. The fraction of sp³-hybridized carbons (Fsp3) is 0.0333. The van der Waals surface area contributed by atoms with Gasteiger partial charge in [0.15, 0.2) is 0 Å². The van der Waals surface area contributed by atoms with Gasteiger partial charge in [0.25, 0.3) is 0 Å². The highest BCUT2D eigenvalue weighted by Gasteiger charge is 2.18. The summed E-state index contributed by atoms with van der Waals surface area (Å²) in [7, 11) is 0. The number of aromatic nitrogens is 2. The van der Waals surface area contributed by atoms with Crippen LogP contribution in [0.5, 0.6) is 0 Å². The van der Waals surface area contributed by atoms with Crippen molar-refractivity contribution in [3.8, 4) is 16.9 Å². The van der Waals surface area contributed by atoms with Crippen LogP contribution in [0.4, 0.5) is 0 Å². The van der Waals surface area contributed by atoms with E-state index in [1.54, 1.807) is 0 Å². The van der Waals surface area contributed by atoms with Gasteiger partial charge in [-0.25, -0.2) is 0 Å². The predicted molar refractivity (Wildman–Crippen MR) is 134 cm³/mol. The van der Waals surface area contributed by atoms with Crippen molar-refractivity contribution in [1.82, 2.24) is 9.55 Å². The first-order chi connectivity index (χ1) is 15.9. The zero-order valence-corrected chi connectivity index (χ0v) is 17.5. The second-order valence-electron chi connectivity index (χ2n) is 8.43. The lowest BCUT2D eigenvalue weighted by Crippen LogP contribution is -2.02. The zero-order valence-electron chi connectivity index (χ0n) is 17.5. The van der Waals surface area contributed by atoms with E-state index in [2.05, 4.69) is 108 Å². The largest absolute Gasteiger partial charge is 0.309 e. The van der Waals surface area contributed by atoms with Crippen LogP contribution < -0.4 is 0 Å². The molecule has 0 aliphatic heterocycles. The predicted octanol–water partition coefficient (Wildman–Crippen LogP) is 7.57. The molecule has 0 unspecified atom stereocenters. The van der Waals surface area contributed by atoms with Crippen molar-refractivity contribution in [3.63, 3.8) is 0 Å². The number of rotatable bonds is 2. The first kappa shape index (κ1) is 17.5. The highest BCUT2D eigenvalue weighted by Crippen LogP contribution is 2.38. The summed E-state index contributed by atoms with van der Waals surface area (Å²) in [5.74, 6) is 0. The van der Waals surface area contributed by atoms with Crippen LogP contribution in [-0.4, -0.2) is 9.55 Å². The number of allylic oxidation sites excluding steroid dienone is 1. The Bertz CT molecular complexity index is 1630. The van der Waals surface area contributed by atoms with Crippen molar-refractivity contribution in [2.75, 3.05) is 0 Å². The van der Waals surface area contributed by atoms with Crippen molar-refractivity contribution in [3.05, 3.63) is 114 Å². The summed E-state index contributed by atoms with van der Waals surface area (Å²) in [5.41, 5.74) is 8.49. The molecule has 150 valence electrons. The number of hydrogen-bond acceptors (Lipinski definition) is 1. The summed E-state index contributed by atoms with van der Waals surface area (Å²) in [6.07, 6.45) is 7.49. The molecule has 1 aliphatic carbocycles. The van der Waals surface area contributed by atoms with Gasteiger partial charge in [0.05, 0.1) is 16.7 Å². The van der Waals surface area contributed by atoms with E-state index < -0.39 is 0 Å². The molecule has 0 bridgehead atoms. The average Bonchev–Trinajstić information content (AvgIpc) is 3.19. The molecule has 32 heavy (non-hydrogen) atoms. The van der Waals surface area contributed by atoms with Gasteiger partial charge in [-0.1, -0.05) is 78.9 Å². The molecule has 1 aliphatic rings. The lowest BCUT2D eigenvalue weighted by Gasteiger charge is -2.19. The van der Waals surface area contributed by atoms with Gasteiger partial charge in [-0.3, -0.25) is 4.98 Å². The zero-order chi connectivity index (χ0) is 21.1. The normalized spacial score (nSPS) is 12.8. The molecule has 0 spiro atoms. The first-order valence-electron chi connectivity index (χ1n) is 11.0. The Morgan fingerprint density at radius 3 is 2.16 bits per heavy atom. The smallest absolute Gasteiger partial charge is 0.0743 e. The number of para-hydroxylation sites is 2. The summed E-state index contributed by atoms with van der Waals surface area (Å²) in [4.78, 5) is 4.93. The Kier molecular flexibility index (Phi) is 3.65. The highest BCUT2D eigenvalue weighted by atomic mass is 15.0. The Morgan fingerprint density at radius 1 is 0.719 bits per heavy atom. The molecular formula is C30H20N2. The highest BCUT2D eigenvalue weighted by molar-refractivity contribution is 6.10. The SMILES string of the molecule is C1=Cc2cc(-n3c4ccccc4c4ccccc43)cc3cnc(-c4ccccc4)c(c23)C1. The van der Waals surface area contributed by atoms with E-state index in [4.69, 9.17) is 4.98 Å². The minimum absolute atomic E-state index is 0.913. The molecule has 6 aromatic rings. The monoisotopic (exact) mass is 408 g/mol. The first-order valence-corrected chi connectivity index (χ1v) is 11.0. The fourth-order valence-corrected chi connectivity index (χ4v) is 5.26. The third kappa shape index (κ3) is 2.44. The molecule has 2 heteroatoms. The Hall–Kier alpha value is -4.17. The molecule has 4 aromatic carbocycles. The van der Waals surface area contributed by atoms with Gasteiger partial charge in [-0.15, -0.1) is 0 Å². The number of hydrogen-bond donors (Lipinski definition) is 0. The van der Waals surface area contributed by atoms with Crippen LogP contribution in [0.2, 0.25) is 0 Å². The van der Waals surface area contributed by atoms with Gasteiger partial charge in [0, 0.05) is 33.6 Å². The van der Waals surface area contributed by atoms with Crippen LogP contribution in [0.3, 0.4) is 0 Å². The van der Waals surface area contributed by atoms with Crippen LogP contribution in [0.15, 0.2) is 103 Å². The van der Waals surface area contributed by atoms with Crippen molar-refractivity contribution >= 4 is 38.7 Å². The second kappa shape index (κ2) is 6.66. The van der Waals surface area contributed by atoms with Crippen molar-refractivity contribution in [2.24, 2.45) is 0 Å². The lowest BCUT2D eigenvalue weighted by atomic mass is 9.90. The van der Waals surface area contributed by atoms with Crippen molar-refractivity contribution in [2.45, 2.75) is 6.42 Å². The molecule has 0 amide bonds. The van der Waals surface area contributed by atoms with Gasteiger partial charge < -0.3 is 4.57 Å². The molecular weight excluding hydrogens is 388 g/mol. The van der Waals surface area contributed by atoms with Gasteiger partial charge in [0.2, 0.25) is 0 Å². The number of pyridine rings is 1. The van der Waals surface area contributed by atoms with Gasteiger partial charge >= 0.3 is 0 Å². The van der Waals surface area contributed by atoms with Gasteiger partial charge in [-0.2, -0.15) is 0 Å². The maximum atomic E-state index is 4.93. The number of benzene rings is 4. The van der Waals surface area contributed by atoms with E-state index in [1.807, 2.05) is 6.20 Å². The quantitative estimate of drug-likeness (QED) is 0.289. The topological polar surface area (TPSA) is 17.8 Å². The van der Waals surface area contributed by atoms with Crippen LogP contribution in [0.1, 0.15) is 11.1 Å². The third-order valence-electron chi connectivity index (χ3n) is 6.61. The molecule has 7 rings (SSSR count). The molecule has 2 aromatic heterocycles. The van der Waals surface area contributed by atoms with Crippen LogP contribution in [0.25, 0.3) is 55.6 Å². The number of nitrogens with zero attached hydrogens (tertiary/aromatic N) is 2. The van der Waals surface area contributed by atoms with E-state index >= 15 is 0 Å². The molecule has 0 saturated carbocycles. The summed E-state index contributed by atoms with van der Waals surface area (Å²) in [5, 5.41) is 5.08. The van der Waals surface area contributed by atoms with Gasteiger partial charge in [-0.05, 0) is 47.2 Å². The van der Waals surface area contributed by atoms with E-state index in [1.165, 1.54) is 55.0 Å². The fourth-order valence-electron chi connectivity index (χ4n) is 5.26. The maximum Gasteiger partial charge on any atom is 0.0743 e. The summed E-state index contributed by atoms with van der Waals surface area (Å²) < 4.78 is 2.38. The van der Waals surface area contributed by atoms with Crippen molar-refractivity contribution in [1.29, 1.82) is 0 Å². The molecule has 2 heterocycles.